The number of hydrogen-bond donors (Lipinski definition) is 2. The summed E-state index contributed by atoms with van der Waals surface area (Å²) in [4.78, 5) is 58.4. The van der Waals surface area contributed by atoms with Crippen molar-refractivity contribution in [3.8, 4) is 0 Å². The lowest BCUT2D eigenvalue weighted by atomic mass is 10.1. The molecule has 0 aliphatic carbocycles. The molecule has 1 aromatic carbocycles. The lowest BCUT2D eigenvalue weighted by Crippen LogP contribution is -2.31. The molecule has 2 aromatic heterocycles. The van der Waals surface area contributed by atoms with E-state index in [1.54, 1.807) is 27.7 Å². The number of fused-ring (bicyclic) bond motifs is 1. The Kier molecular flexibility index (Phi) is 7.04. The van der Waals surface area contributed by atoms with Crippen molar-refractivity contribution in [2.24, 2.45) is 0 Å². The van der Waals surface area contributed by atoms with Gasteiger partial charge in [-0.15, -0.1) is 0 Å². The maximum atomic E-state index is 12.8. The van der Waals surface area contributed by atoms with E-state index >= 15 is 0 Å². The van der Waals surface area contributed by atoms with Crippen LogP contribution in [0.3, 0.4) is 0 Å². The predicted octanol–water partition coefficient (Wildman–Crippen LogP) is 2.29. The lowest BCUT2D eigenvalue weighted by Gasteiger charge is -2.17. The maximum absolute atomic E-state index is 12.8. The summed E-state index contributed by atoms with van der Waals surface area (Å²) in [6.07, 6.45) is 2.37. The largest absolute Gasteiger partial charge is 0.454 e. The van der Waals surface area contributed by atoms with Gasteiger partial charge in [0.25, 0.3) is 5.56 Å². The summed E-state index contributed by atoms with van der Waals surface area (Å²) < 4.78 is 8.73. The third kappa shape index (κ3) is 4.71. The van der Waals surface area contributed by atoms with E-state index in [0.29, 0.717) is 48.7 Å². The highest BCUT2D eigenvalue weighted by molar-refractivity contribution is 5.96. The minimum atomic E-state index is -0.544. The zero-order valence-corrected chi connectivity index (χ0v) is 20.2. The predicted molar refractivity (Wildman–Crippen MR) is 131 cm³/mol. The van der Waals surface area contributed by atoms with E-state index < -0.39 is 17.2 Å². The number of rotatable bonds is 9. The van der Waals surface area contributed by atoms with Gasteiger partial charge in [0.05, 0.1) is 5.56 Å². The van der Waals surface area contributed by atoms with E-state index in [4.69, 9.17) is 4.74 Å². The van der Waals surface area contributed by atoms with Crippen molar-refractivity contribution >= 4 is 28.9 Å². The van der Waals surface area contributed by atoms with Crippen LogP contribution in [0.4, 0.5) is 10.5 Å². The number of aromatic amines is 1. The van der Waals surface area contributed by atoms with Gasteiger partial charge < -0.3 is 14.6 Å². The van der Waals surface area contributed by atoms with E-state index in [0.717, 1.165) is 30.5 Å². The molecule has 0 saturated carbocycles. The molecule has 2 amide bonds. The number of esters is 1. The minimum Gasteiger partial charge on any atom is -0.454 e. The van der Waals surface area contributed by atoms with Crippen LogP contribution >= 0.6 is 0 Å². The zero-order valence-electron chi connectivity index (χ0n) is 20.2. The normalized spacial score (nSPS) is 13.5. The summed E-state index contributed by atoms with van der Waals surface area (Å²) in [6, 6.07) is 4.88. The van der Waals surface area contributed by atoms with Crippen molar-refractivity contribution in [2.45, 2.75) is 59.7 Å². The maximum Gasteiger partial charge on any atom is 0.338 e. The number of anilines is 1. The zero-order chi connectivity index (χ0) is 25.1. The molecule has 186 valence electrons. The third-order valence-electron chi connectivity index (χ3n) is 6.06. The fourth-order valence-corrected chi connectivity index (χ4v) is 4.32. The molecule has 0 spiro atoms. The molecule has 1 fully saturated rings. The van der Waals surface area contributed by atoms with E-state index in [1.165, 1.54) is 4.57 Å². The van der Waals surface area contributed by atoms with Crippen molar-refractivity contribution in [3.63, 3.8) is 0 Å². The number of benzene rings is 1. The number of carbonyl (C=O) groups excluding carboxylic acids is 2. The fourth-order valence-electron chi connectivity index (χ4n) is 4.32. The van der Waals surface area contributed by atoms with E-state index in [1.807, 2.05) is 20.8 Å². The highest BCUT2D eigenvalue weighted by atomic mass is 16.5. The van der Waals surface area contributed by atoms with Crippen LogP contribution in [0, 0.1) is 6.92 Å². The standard InChI is InChI=1S/C24H30N6O5/c1-4-6-11-30-20-19(21(31)27-24(30)34)29(10-5-2)18(26-20)14-35-22(32)16-7-8-17(15(3)13-16)28-12-9-25-23(28)33/h7-8,13H,4-6,9-12,14H2,1-3H3,(H,25,33)(H,27,31,34). The van der Waals surface area contributed by atoms with Gasteiger partial charge in [-0.05, 0) is 43.5 Å². The molecule has 1 aliphatic rings. The van der Waals surface area contributed by atoms with Crippen LogP contribution < -0.4 is 21.5 Å². The molecule has 3 aromatic rings. The molecule has 0 atom stereocenters. The topological polar surface area (TPSA) is 131 Å². The van der Waals surface area contributed by atoms with Gasteiger partial charge in [0.2, 0.25) is 0 Å². The van der Waals surface area contributed by atoms with Crippen molar-refractivity contribution in [3.05, 3.63) is 56.0 Å². The number of imidazole rings is 1. The van der Waals surface area contributed by atoms with Gasteiger partial charge in [-0.3, -0.25) is 19.2 Å². The molecule has 11 heteroatoms. The van der Waals surface area contributed by atoms with Crippen molar-refractivity contribution in [2.75, 3.05) is 18.0 Å². The third-order valence-corrected chi connectivity index (χ3v) is 6.06. The summed E-state index contributed by atoms with van der Waals surface area (Å²) in [7, 11) is 0. The number of aryl methyl sites for hydroxylation is 3. The molecule has 1 aliphatic heterocycles. The Hall–Kier alpha value is -3.89. The molecular formula is C24H30N6O5. The first-order chi connectivity index (χ1) is 16.8. The van der Waals surface area contributed by atoms with Crippen LogP contribution in [0.25, 0.3) is 11.2 Å². The molecule has 11 nitrogen and oxygen atoms in total. The Morgan fingerprint density at radius 2 is 1.91 bits per heavy atom. The summed E-state index contributed by atoms with van der Waals surface area (Å²) in [6.45, 7) is 7.74. The van der Waals surface area contributed by atoms with Crippen molar-refractivity contribution in [1.29, 1.82) is 0 Å². The first-order valence-electron chi connectivity index (χ1n) is 11.9. The summed E-state index contributed by atoms with van der Waals surface area (Å²) in [5.74, 6) is -0.142. The summed E-state index contributed by atoms with van der Waals surface area (Å²) in [5.41, 5.74) is 1.47. The van der Waals surface area contributed by atoms with Crippen LogP contribution in [0.1, 0.15) is 54.9 Å². The molecule has 3 heterocycles. The van der Waals surface area contributed by atoms with E-state index in [9.17, 15) is 19.2 Å². The molecule has 1 saturated heterocycles. The average molecular weight is 483 g/mol. The molecule has 0 unspecified atom stereocenters. The van der Waals surface area contributed by atoms with Gasteiger partial charge in [-0.1, -0.05) is 20.3 Å². The van der Waals surface area contributed by atoms with Crippen LogP contribution in [0.15, 0.2) is 27.8 Å². The monoisotopic (exact) mass is 482 g/mol. The molecule has 0 radical (unpaired) electrons. The van der Waals surface area contributed by atoms with Gasteiger partial charge in [-0.2, -0.15) is 0 Å². The van der Waals surface area contributed by atoms with Gasteiger partial charge in [-0.25, -0.2) is 19.4 Å². The first-order valence-corrected chi connectivity index (χ1v) is 11.9. The second-order valence-electron chi connectivity index (χ2n) is 8.58. The Morgan fingerprint density at radius 3 is 2.57 bits per heavy atom. The lowest BCUT2D eigenvalue weighted by molar-refractivity contribution is 0.0458. The number of nitrogens with one attached hydrogen (secondary N) is 2. The van der Waals surface area contributed by atoms with Gasteiger partial charge in [0.15, 0.2) is 11.2 Å². The number of urea groups is 1. The number of carbonyl (C=O) groups is 2. The van der Waals surface area contributed by atoms with E-state index in [2.05, 4.69) is 15.3 Å². The minimum absolute atomic E-state index is 0.149. The van der Waals surface area contributed by atoms with Gasteiger partial charge >= 0.3 is 17.7 Å². The quantitative estimate of drug-likeness (QED) is 0.450. The van der Waals surface area contributed by atoms with Crippen LogP contribution in [0.5, 0.6) is 0 Å². The number of amides is 2. The summed E-state index contributed by atoms with van der Waals surface area (Å²) in [5, 5.41) is 2.76. The highest BCUT2D eigenvalue weighted by Gasteiger charge is 2.24. The van der Waals surface area contributed by atoms with Crippen molar-refractivity contribution < 1.29 is 14.3 Å². The first kappa shape index (κ1) is 24.2. The Balaban J connectivity index is 1.60. The van der Waals surface area contributed by atoms with Crippen LogP contribution in [-0.2, 0) is 24.4 Å². The number of unbranched alkanes of at least 4 members (excludes halogenated alkanes) is 1. The number of nitrogens with zero attached hydrogens (tertiary/aromatic N) is 4. The average Bonchev–Trinajstić information content (AvgIpc) is 3.41. The SMILES string of the molecule is CCCCn1c(=O)[nH]c(=O)c2c1nc(COC(=O)c1ccc(N3CCNC3=O)c(C)c1)n2CCC. The summed E-state index contributed by atoms with van der Waals surface area (Å²) >= 11 is 0. The van der Waals surface area contributed by atoms with Crippen LogP contribution in [0.2, 0.25) is 0 Å². The number of hydrogen-bond acceptors (Lipinski definition) is 6. The Labute approximate surface area is 201 Å². The van der Waals surface area contributed by atoms with Gasteiger partial charge in [0.1, 0.15) is 12.4 Å². The van der Waals surface area contributed by atoms with Crippen molar-refractivity contribution in [1.82, 2.24) is 24.4 Å². The number of H-pyrrole nitrogens is 1. The number of ether oxygens (including phenoxy) is 1. The second-order valence-corrected chi connectivity index (χ2v) is 8.58. The second kappa shape index (κ2) is 10.2. The highest BCUT2D eigenvalue weighted by Crippen LogP contribution is 2.23. The Morgan fingerprint density at radius 1 is 1.11 bits per heavy atom. The van der Waals surface area contributed by atoms with E-state index in [-0.39, 0.29) is 12.6 Å². The molecule has 0 bridgehead atoms. The molecule has 2 N–H and O–H groups in total. The molecule has 4 rings (SSSR count). The van der Waals surface area contributed by atoms with Crippen LogP contribution in [-0.4, -0.2) is 44.2 Å². The number of aromatic nitrogens is 4. The molecular weight excluding hydrogens is 452 g/mol. The Bertz CT molecular complexity index is 1390. The van der Waals surface area contributed by atoms with Gasteiger partial charge in [0, 0.05) is 31.9 Å². The fraction of sp³-hybridized carbons (Fsp3) is 0.458. The molecule has 35 heavy (non-hydrogen) atoms. The smallest absolute Gasteiger partial charge is 0.338 e.